The molecule has 6 heteroatoms. The second-order valence-electron chi connectivity index (χ2n) is 4.79. The van der Waals surface area contributed by atoms with Crippen molar-refractivity contribution in [2.75, 3.05) is 19.0 Å². The number of halogens is 1. The quantitative estimate of drug-likeness (QED) is 0.820. The molecule has 0 fully saturated rings. The maximum Gasteiger partial charge on any atom is 0.339 e. The molecule has 0 aliphatic rings. The third-order valence-corrected chi connectivity index (χ3v) is 3.06. The van der Waals surface area contributed by atoms with Crippen LogP contribution in [0.15, 0.2) is 18.2 Å². The Kier molecular flexibility index (Phi) is 5.53. The SMILES string of the molecule is CCNC(C)(C)C(=O)Nc1cc(Cl)ccc1C(=O)OC. The van der Waals surface area contributed by atoms with Crippen LogP contribution in [0.25, 0.3) is 0 Å². The van der Waals surface area contributed by atoms with Crippen LogP contribution in [0.2, 0.25) is 5.02 Å². The first-order valence-electron chi connectivity index (χ1n) is 6.26. The minimum atomic E-state index is -0.759. The minimum absolute atomic E-state index is 0.258. The molecule has 1 amide bonds. The summed E-state index contributed by atoms with van der Waals surface area (Å²) >= 11 is 5.90. The van der Waals surface area contributed by atoms with E-state index in [-0.39, 0.29) is 11.5 Å². The van der Waals surface area contributed by atoms with E-state index >= 15 is 0 Å². The molecule has 0 radical (unpaired) electrons. The molecule has 0 aliphatic carbocycles. The molecule has 1 rings (SSSR count). The summed E-state index contributed by atoms with van der Waals surface area (Å²) in [5, 5.41) is 6.19. The topological polar surface area (TPSA) is 67.4 Å². The summed E-state index contributed by atoms with van der Waals surface area (Å²) < 4.78 is 4.68. The van der Waals surface area contributed by atoms with Gasteiger partial charge in [0, 0.05) is 5.02 Å². The van der Waals surface area contributed by atoms with Gasteiger partial charge in [-0.3, -0.25) is 4.79 Å². The van der Waals surface area contributed by atoms with Gasteiger partial charge < -0.3 is 15.4 Å². The van der Waals surface area contributed by atoms with Crippen LogP contribution in [-0.2, 0) is 9.53 Å². The third kappa shape index (κ3) is 3.95. The lowest BCUT2D eigenvalue weighted by atomic mass is 10.0. The Labute approximate surface area is 123 Å². The van der Waals surface area contributed by atoms with Gasteiger partial charge in [-0.05, 0) is 38.6 Å². The van der Waals surface area contributed by atoms with Gasteiger partial charge in [0.05, 0.1) is 23.9 Å². The molecule has 0 saturated carbocycles. The van der Waals surface area contributed by atoms with Crippen molar-refractivity contribution in [2.24, 2.45) is 0 Å². The first-order valence-corrected chi connectivity index (χ1v) is 6.64. The number of nitrogens with one attached hydrogen (secondary N) is 2. The van der Waals surface area contributed by atoms with Gasteiger partial charge in [0.2, 0.25) is 5.91 Å². The van der Waals surface area contributed by atoms with Crippen LogP contribution in [0.5, 0.6) is 0 Å². The van der Waals surface area contributed by atoms with Crippen molar-refractivity contribution in [2.45, 2.75) is 26.3 Å². The van der Waals surface area contributed by atoms with Crippen LogP contribution in [0.4, 0.5) is 5.69 Å². The van der Waals surface area contributed by atoms with E-state index in [0.717, 1.165) is 0 Å². The number of amides is 1. The lowest BCUT2D eigenvalue weighted by Gasteiger charge is -2.25. The molecule has 0 unspecified atom stereocenters. The summed E-state index contributed by atoms with van der Waals surface area (Å²) in [6, 6.07) is 4.61. The molecule has 2 N–H and O–H groups in total. The average Bonchev–Trinajstić information content (AvgIpc) is 2.38. The fourth-order valence-corrected chi connectivity index (χ4v) is 1.88. The maximum atomic E-state index is 12.2. The zero-order valence-corrected chi connectivity index (χ0v) is 12.8. The number of anilines is 1. The van der Waals surface area contributed by atoms with Crippen molar-refractivity contribution < 1.29 is 14.3 Å². The smallest absolute Gasteiger partial charge is 0.339 e. The van der Waals surface area contributed by atoms with Crippen molar-refractivity contribution in [3.63, 3.8) is 0 Å². The highest BCUT2D eigenvalue weighted by molar-refractivity contribution is 6.31. The molecule has 0 atom stereocenters. The predicted octanol–water partition coefficient (Wildman–Crippen LogP) is 2.45. The molecule has 0 aliphatic heterocycles. The summed E-state index contributed by atoms with van der Waals surface area (Å²) in [4.78, 5) is 23.9. The van der Waals surface area contributed by atoms with Gasteiger partial charge in [-0.15, -0.1) is 0 Å². The van der Waals surface area contributed by atoms with E-state index in [2.05, 4.69) is 15.4 Å². The zero-order chi connectivity index (χ0) is 15.3. The van der Waals surface area contributed by atoms with Gasteiger partial charge in [-0.25, -0.2) is 4.79 Å². The highest BCUT2D eigenvalue weighted by atomic mass is 35.5. The number of rotatable bonds is 5. The number of hydrogen-bond donors (Lipinski definition) is 2. The maximum absolute atomic E-state index is 12.2. The monoisotopic (exact) mass is 298 g/mol. The van der Waals surface area contributed by atoms with Crippen LogP contribution >= 0.6 is 11.6 Å². The first-order chi connectivity index (χ1) is 9.31. The summed E-state index contributed by atoms with van der Waals surface area (Å²) in [7, 11) is 1.28. The molecule has 0 spiro atoms. The summed E-state index contributed by atoms with van der Waals surface area (Å²) in [6.07, 6.45) is 0. The van der Waals surface area contributed by atoms with Gasteiger partial charge in [0.1, 0.15) is 0 Å². The van der Waals surface area contributed by atoms with Crippen molar-refractivity contribution in [1.29, 1.82) is 0 Å². The second kappa shape index (κ2) is 6.72. The fourth-order valence-electron chi connectivity index (χ4n) is 1.71. The molecule has 20 heavy (non-hydrogen) atoms. The minimum Gasteiger partial charge on any atom is -0.465 e. The van der Waals surface area contributed by atoms with Gasteiger partial charge in [0.25, 0.3) is 0 Å². The van der Waals surface area contributed by atoms with E-state index in [4.69, 9.17) is 11.6 Å². The Bertz CT molecular complexity index is 515. The number of carbonyl (C=O) groups is 2. The second-order valence-corrected chi connectivity index (χ2v) is 5.23. The number of carbonyl (C=O) groups excluding carboxylic acids is 2. The lowest BCUT2D eigenvalue weighted by molar-refractivity contribution is -0.121. The molecule has 0 saturated heterocycles. The zero-order valence-electron chi connectivity index (χ0n) is 12.0. The number of benzene rings is 1. The van der Waals surface area contributed by atoms with Crippen molar-refractivity contribution >= 4 is 29.2 Å². The summed E-state index contributed by atoms with van der Waals surface area (Å²) in [6.45, 7) is 6.08. The largest absolute Gasteiger partial charge is 0.465 e. The van der Waals surface area contributed by atoms with Crippen LogP contribution in [0.3, 0.4) is 0 Å². The molecule has 0 aromatic heterocycles. The van der Waals surface area contributed by atoms with Crippen LogP contribution in [-0.4, -0.2) is 31.1 Å². The van der Waals surface area contributed by atoms with Crippen molar-refractivity contribution in [1.82, 2.24) is 5.32 Å². The summed E-state index contributed by atoms with van der Waals surface area (Å²) in [5.74, 6) is -0.787. The molecule has 1 aromatic carbocycles. The van der Waals surface area contributed by atoms with E-state index in [1.54, 1.807) is 19.9 Å². The molecule has 0 heterocycles. The summed E-state index contributed by atoms with van der Waals surface area (Å²) in [5.41, 5.74) is -0.164. The van der Waals surface area contributed by atoms with E-state index in [1.165, 1.54) is 19.2 Å². The Morgan fingerprint density at radius 1 is 1.35 bits per heavy atom. The average molecular weight is 299 g/mol. The Hall–Kier alpha value is -1.59. The molecule has 110 valence electrons. The Morgan fingerprint density at radius 3 is 2.55 bits per heavy atom. The third-order valence-electron chi connectivity index (χ3n) is 2.82. The number of hydrogen-bond acceptors (Lipinski definition) is 4. The molecule has 5 nitrogen and oxygen atoms in total. The van der Waals surface area contributed by atoms with E-state index in [1.807, 2.05) is 6.92 Å². The lowest BCUT2D eigenvalue weighted by Crippen LogP contribution is -2.49. The normalized spacial score (nSPS) is 11.1. The predicted molar refractivity (Wildman–Crippen MR) is 79.2 cm³/mol. The number of likely N-dealkylation sites (N-methyl/N-ethyl adjacent to an activating group) is 1. The number of ether oxygens (including phenoxy) is 1. The van der Waals surface area contributed by atoms with Crippen molar-refractivity contribution in [3.05, 3.63) is 28.8 Å². The van der Waals surface area contributed by atoms with Crippen molar-refractivity contribution in [3.8, 4) is 0 Å². The van der Waals surface area contributed by atoms with Crippen LogP contribution in [0.1, 0.15) is 31.1 Å². The molecular weight excluding hydrogens is 280 g/mol. The highest BCUT2D eigenvalue weighted by Crippen LogP contribution is 2.23. The first kappa shape index (κ1) is 16.5. The fraction of sp³-hybridized carbons (Fsp3) is 0.429. The highest BCUT2D eigenvalue weighted by Gasteiger charge is 2.27. The van der Waals surface area contributed by atoms with Gasteiger partial charge >= 0.3 is 5.97 Å². The number of esters is 1. The van der Waals surface area contributed by atoms with E-state index in [9.17, 15) is 9.59 Å². The Balaban J connectivity index is 3.05. The van der Waals surface area contributed by atoms with E-state index < -0.39 is 11.5 Å². The van der Waals surface area contributed by atoms with Gasteiger partial charge in [-0.2, -0.15) is 0 Å². The van der Waals surface area contributed by atoms with Gasteiger partial charge in [-0.1, -0.05) is 18.5 Å². The van der Waals surface area contributed by atoms with Crippen LogP contribution in [0, 0.1) is 0 Å². The molecule has 1 aromatic rings. The van der Waals surface area contributed by atoms with Gasteiger partial charge in [0.15, 0.2) is 0 Å². The molecule has 0 bridgehead atoms. The number of methoxy groups -OCH3 is 1. The standard InChI is InChI=1S/C14H19ClN2O3/c1-5-16-14(2,3)13(19)17-11-8-9(15)6-7-10(11)12(18)20-4/h6-8,16H,5H2,1-4H3,(H,17,19). The Morgan fingerprint density at radius 2 is 2.00 bits per heavy atom. The van der Waals surface area contributed by atoms with Crippen LogP contribution < -0.4 is 10.6 Å². The van der Waals surface area contributed by atoms with E-state index in [0.29, 0.717) is 17.3 Å². The molecular formula is C14H19ClN2O3.